The van der Waals surface area contributed by atoms with Gasteiger partial charge in [0, 0.05) is 11.8 Å². The topological polar surface area (TPSA) is 69.1 Å². The van der Waals surface area contributed by atoms with Crippen LogP contribution in [0.4, 0.5) is 0 Å². The SMILES string of the molecule is CC(C)C[C@H](O)[C@H](O)c1cn[nH]c1. The van der Waals surface area contributed by atoms with Crippen LogP contribution in [0.15, 0.2) is 12.4 Å². The smallest absolute Gasteiger partial charge is 0.108 e. The van der Waals surface area contributed by atoms with Gasteiger partial charge >= 0.3 is 0 Å². The van der Waals surface area contributed by atoms with Crippen LogP contribution in [0.2, 0.25) is 0 Å². The molecule has 0 unspecified atom stereocenters. The van der Waals surface area contributed by atoms with Gasteiger partial charge in [-0.15, -0.1) is 0 Å². The summed E-state index contributed by atoms with van der Waals surface area (Å²) in [4.78, 5) is 0. The highest BCUT2D eigenvalue weighted by Crippen LogP contribution is 2.19. The van der Waals surface area contributed by atoms with Gasteiger partial charge in [0.1, 0.15) is 6.10 Å². The normalized spacial score (nSPS) is 16.1. The Morgan fingerprint density at radius 2 is 2.15 bits per heavy atom. The van der Waals surface area contributed by atoms with Crippen molar-refractivity contribution in [3.05, 3.63) is 18.0 Å². The molecule has 3 N–H and O–H groups in total. The first-order valence-electron chi connectivity index (χ1n) is 4.46. The lowest BCUT2D eigenvalue weighted by Crippen LogP contribution is -2.19. The van der Waals surface area contributed by atoms with Gasteiger partial charge in [0.2, 0.25) is 0 Å². The Morgan fingerprint density at radius 1 is 1.46 bits per heavy atom. The van der Waals surface area contributed by atoms with E-state index >= 15 is 0 Å². The summed E-state index contributed by atoms with van der Waals surface area (Å²) in [6, 6.07) is 0. The lowest BCUT2D eigenvalue weighted by atomic mass is 9.99. The number of aliphatic hydroxyl groups excluding tert-OH is 2. The second kappa shape index (κ2) is 4.39. The average molecular weight is 184 g/mol. The lowest BCUT2D eigenvalue weighted by molar-refractivity contribution is 0.00635. The fraction of sp³-hybridized carbons (Fsp3) is 0.667. The van der Waals surface area contributed by atoms with Gasteiger partial charge in [-0.1, -0.05) is 13.8 Å². The lowest BCUT2D eigenvalue weighted by Gasteiger charge is -2.17. The highest BCUT2D eigenvalue weighted by Gasteiger charge is 2.19. The average Bonchev–Trinajstić information content (AvgIpc) is 2.53. The summed E-state index contributed by atoms with van der Waals surface area (Å²) < 4.78 is 0. The minimum atomic E-state index is -0.832. The van der Waals surface area contributed by atoms with Crippen molar-refractivity contribution in [3.63, 3.8) is 0 Å². The Morgan fingerprint density at radius 3 is 2.62 bits per heavy atom. The first-order chi connectivity index (χ1) is 6.11. The van der Waals surface area contributed by atoms with Crippen LogP contribution in [0, 0.1) is 5.92 Å². The van der Waals surface area contributed by atoms with E-state index in [0.717, 1.165) is 0 Å². The van der Waals surface area contributed by atoms with Crippen molar-refractivity contribution in [1.29, 1.82) is 0 Å². The summed E-state index contributed by atoms with van der Waals surface area (Å²) in [5.41, 5.74) is 0.633. The van der Waals surface area contributed by atoms with E-state index in [-0.39, 0.29) is 0 Å². The number of nitrogens with one attached hydrogen (secondary N) is 1. The number of aromatic nitrogens is 2. The standard InChI is InChI=1S/C9H16N2O2/c1-6(2)3-8(12)9(13)7-4-10-11-5-7/h4-6,8-9,12-13H,3H2,1-2H3,(H,10,11)/t8-,9+/m0/s1. The number of aliphatic hydroxyl groups is 2. The summed E-state index contributed by atoms with van der Waals surface area (Å²) in [7, 11) is 0. The summed E-state index contributed by atoms with van der Waals surface area (Å²) in [5.74, 6) is 0.372. The Bertz CT molecular complexity index is 234. The molecule has 0 aromatic carbocycles. The molecule has 0 saturated carbocycles. The van der Waals surface area contributed by atoms with E-state index in [4.69, 9.17) is 0 Å². The highest BCUT2D eigenvalue weighted by atomic mass is 16.3. The van der Waals surface area contributed by atoms with Crippen molar-refractivity contribution < 1.29 is 10.2 Å². The minimum absolute atomic E-state index is 0.372. The first-order valence-corrected chi connectivity index (χ1v) is 4.46. The van der Waals surface area contributed by atoms with Gasteiger partial charge < -0.3 is 10.2 Å². The molecule has 0 aliphatic rings. The second-order valence-corrected chi connectivity index (χ2v) is 3.67. The van der Waals surface area contributed by atoms with Crippen LogP contribution >= 0.6 is 0 Å². The Balaban J connectivity index is 2.52. The molecule has 0 radical (unpaired) electrons. The zero-order chi connectivity index (χ0) is 9.84. The largest absolute Gasteiger partial charge is 0.390 e. The number of hydrogen-bond donors (Lipinski definition) is 3. The number of H-pyrrole nitrogens is 1. The quantitative estimate of drug-likeness (QED) is 0.649. The van der Waals surface area contributed by atoms with E-state index in [1.807, 2.05) is 13.8 Å². The van der Waals surface area contributed by atoms with Crippen molar-refractivity contribution in [2.45, 2.75) is 32.5 Å². The van der Waals surface area contributed by atoms with Gasteiger partial charge in [0.15, 0.2) is 0 Å². The molecule has 13 heavy (non-hydrogen) atoms. The zero-order valence-corrected chi connectivity index (χ0v) is 7.94. The van der Waals surface area contributed by atoms with Crippen molar-refractivity contribution in [1.82, 2.24) is 10.2 Å². The van der Waals surface area contributed by atoms with Gasteiger partial charge in [-0.05, 0) is 12.3 Å². The molecule has 1 aromatic heterocycles. The maximum atomic E-state index is 9.62. The zero-order valence-electron chi connectivity index (χ0n) is 7.94. The predicted octanol–water partition coefficient (Wildman–Crippen LogP) is 0.850. The van der Waals surface area contributed by atoms with E-state index < -0.39 is 12.2 Å². The molecule has 0 aliphatic carbocycles. The number of aromatic amines is 1. The second-order valence-electron chi connectivity index (χ2n) is 3.67. The number of nitrogens with zero attached hydrogens (tertiary/aromatic N) is 1. The van der Waals surface area contributed by atoms with Crippen LogP contribution in [-0.2, 0) is 0 Å². The van der Waals surface area contributed by atoms with Crippen LogP contribution in [0.1, 0.15) is 31.9 Å². The molecule has 4 heteroatoms. The predicted molar refractivity (Wildman–Crippen MR) is 49.0 cm³/mol. The number of rotatable bonds is 4. The molecule has 4 nitrogen and oxygen atoms in total. The minimum Gasteiger partial charge on any atom is -0.390 e. The first kappa shape index (κ1) is 10.2. The van der Waals surface area contributed by atoms with Crippen molar-refractivity contribution in [2.75, 3.05) is 0 Å². The van der Waals surface area contributed by atoms with E-state index in [1.165, 1.54) is 6.20 Å². The number of hydrogen-bond acceptors (Lipinski definition) is 3. The van der Waals surface area contributed by atoms with Gasteiger partial charge in [0.25, 0.3) is 0 Å². The molecular formula is C9H16N2O2. The van der Waals surface area contributed by atoms with E-state index in [9.17, 15) is 10.2 Å². The molecule has 0 fully saturated rings. The highest BCUT2D eigenvalue weighted by molar-refractivity contribution is 5.08. The molecule has 0 saturated heterocycles. The third kappa shape index (κ3) is 2.82. The van der Waals surface area contributed by atoms with Gasteiger partial charge in [-0.3, -0.25) is 5.10 Å². The molecular weight excluding hydrogens is 168 g/mol. The molecule has 1 heterocycles. The summed E-state index contributed by atoms with van der Waals surface area (Å²) in [6.07, 6.45) is 2.16. The third-order valence-electron chi connectivity index (χ3n) is 1.94. The monoisotopic (exact) mass is 184 g/mol. The van der Waals surface area contributed by atoms with Gasteiger partial charge in [0.05, 0.1) is 12.3 Å². The maximum absolute atomic E-state index is 9.62. The van der Waals surface area contributed by atoms with Crippen molar-refractivity contribution in [2.24, 2.45) is 5.92 Å². The Kier molecular flexibility index (Phi) is 3.45. The van der Waals surface area contributed by atoms with E-state index in [2.05, 4.69) is 10.2 Å². The van der Waals surface area contributed by atoms with Crippen LogP contribution in [0.5, 0.6) is 0 Å². The van der Waals surface area contributed by atoms with E-state index in [1.54, 1.807) is 6.20 Å². The van der Waals surface area contributed by atoms with Crippen LogP contribution in [-0.4, -0.2) is 26.5 Å². The molecule has 0 spiro atoms. The molecule has 1 aromatic rings. The van der Waals surface area contributed by atoms with Crippen molar-refractivity contribution in [3.8, 4) is 0 Å². The van der Waals surface area contributed by atoms with Gasteiger partial charge in [-0.25, -0.2) is 0 Å². The molecule has 0 amide bonds. The third-order valence-corrected chi connectivity index (χ3v) is 1.94. The van der Waals surface area contributed by atoms with E-state index in [0.29, 0.717) is 17.9 Å². The van der Waals surface area contributed by atoms with Crippen LogP contribution < -0.4 is 0 Å². The van der Waals surface area contributed by atoms with Crippen molar-refractivity contribution >= 4 is 0 Å². The molecule has 2 atom stereocenters. The van der Waals surface area contributed by atoms with Crippen LogP contribution in [0.3, 0.4) is 0 Å². The van der Waals surface area contributed by atoms with Crippen LogP contribution in [0.25, 0.3) is 0 Å². The summed E-state index contributed by atoms with van der Waals surface area (Å²) >= 11 is 0. The molecule has 74 valence electrons. The molecule has 0 aliphatic heterocycles. The fourth-order valence-electron chi connectivity index (χ4n) is 1.26. The molecule has 0 bridgehead atoms. The fourth-order valence-corrected chi connectivity index (χ4v) is 1.26. The molecule has 1 rings (SSSR count). The Hall–Kier alpha value is -0.870. The Labute approximate surface area is 77.6 Å². The summed E-state index contributed by atoms with van der Waals surface area (Å²) in [6.45, 7) is 4.01. The van der Waals surface area contributed by atoms with Gasteiger partial charge in [-0.2, -0.15) is 5.10 Å². The maximum Gasteiger partial charge on any atom is 0.108 e. The summed E-state index contributed by atoms with van der Waals surface area (Å²) in [5, 5.41) is 25.5.